The summed E-state index contributed by atoms with van der Waals surface area (Å²) >= 11 is 3.43. The van der Waals surface area contributed by atoms with Gasteiger partial charge in [0.05, 0.1) is 0 Å². The number of benzene rings is 1. The highest BCUT2D eigenvalue weighted by molar-refractivity contribution is 9.10. The summed E-state index contributed by atoms with van der Waals surface area (Å²) in [5, 5.41) is 3.16. The van der Waals surface area contributed by atoms with Crippen LogP contribution in [0.15, 0.2) is 28.7 Å². The van der Waals surface area contributed by atoms with Gasteiger partial charge in [0.15, 0.2) is 0 Å². The highest BCUT2D eigenvalue weighted by Gasteiger charge is 2.22. The fourth-order valence-electron chi connectivity index (χ4n) is 2.75. The van der Waals surface area contributed by atoms with E-state index in [4.69, 9.17) is 0 Å². The molecule has 0 radical (unpaired) electrons. The minimum atomic E-state index is 0.204. The Morgan fingerprint density at radius 1 is 1.26 bits per heavy atom. The molecule has 0 bridgehead atoms. The molecular formula is C16H22BrNO. The first kappa shape index (κ1) is 14.6. The fraction of sp³-hybridized carbons (Fsp3) is 0.562. The average Bonchev–Trinajstić information content (AvgIpc) is 2.42. The zero-order valence-corrected chi connectivity index (χ0v) is 13.1. The van der Waals surface area contributed by atoms with Crippen LogP contribution in [0.5, 0.6) is 0 Å². The third-order valence-electron chi connectivity index (χ3n) is 3.82. The van der Waals surface area contributed by atoms with Gasteiger partial charge in [-0.3, -0.25) is 4.79 Å². The van der Waals surface area contributed by atoms with Crippen LogP contribution in [0.3, 0.4) is 0 Å². The number of hydrogen-bond donors (Lipinski definition) is 1. The van der Waals surface area contributed by atoms with Gasteiger partial charge in [0, 0.05) is 16.4 Å². The first-order valence-corrected chi connectivity index (χ1v) is 7.99. The molecule has 1 N–H and O–H groups in total. The molecule has 1 saturated carbocycles. The van der Waals surface area contributed by atoms with Gasteiger partial charge < -0.3 is 5.32 Å². The van der Waals surface area contributed by atoms with Crippen molar-refractivity contribution in [3.63, 3.8) is 0 Å². The van der Waals surface area contributed by atoms with E-state index >= 15 is 0 Å². The normalized spacial score (nSPS) is 18.0. The maximum atomic E-state index is 12.1. The van der Waals surface area contributed by atoms with Crippen molar-refractivity contribution in [2.24, 2.45) is 5.92 Å². The number of nitrogens with one attached hydrogen (secondary N) is 1. The lowest BCUT2D eigenvalue weighted by molar-refractivity contribution is -0.126. The van der Waals surface area contributed by atoms with Gasteiger partial charge in [0.25, 0.3) is 0 Å². The van der Waals surface area contributed by atoms with Crippen LogP contribution in [0.1, 0.15) is 44.6 Å². The Morgan fingerprint density at radius 2 is 1.89 bits per heavy atom. The zero-order valence-electron chi connectivity index (χ0n) is 11.5. The predicted octanol–water partition coefficient (Wildman–Crippen LogP) is 4.08. The van der Waals surface area contributed by atoms with Gasteiger partial charge in [-0.15, -0.1) is 0 Å². The van der Waals surface area contributed by atoms with Crippen molar-refractivity contribution in [1.82, 2.24) is 5.32 Å². The van der Waals surface area contributed by atoms with Crippen LogP contribution in [0.25, 0.3) is 0 Å². The number of amides is 1. The number of carbonyl (C=O) groups is 1. The number of rotatable bonds is 4. The average molecular weight is 324 g/mol. The summed E-state index contributed by atoms with van der Waals surface area (Å²) in [5.41, 5.74) is 1.26. The lowest BCUT2D eigenvalue weighted by Gasteiger charge is -2.23. The maximum Gasteiger partial charge on any atom is 0.223 e. The Kier molecular flexibility index (Phi) is 5.44. The predicted molar refractivity (Wildman–Crippen MR) is 82.0 cm³/mol. The summed E-state index contributed by atoms with van der Waals surface area (Å²) in [7, 11) is 0. The van der Waals surface area contributed by atoms with Crippen molar-refractivity contribution in [2.45, 2.75) is 51.5 Å². The molecule has 2 rings (SSSR count). The smallest absolute Gasteiger partial charge is 0.223 e. The van der Waals surface area contributed by atoms with Crippen molar-refractivity contribution in [1.29, 1.82) is 0 Å². The van der Waals surface area contributed by atoms with Gasteiger partial charge in [-0.1, -0.05) is 47.3 Å². The standard InChI is InChI=1S/C16H22BrNO/c1-12(11-13-7-9-15(17)10-8-13)18-16(19)14-5-3-2-4-6-14/h7-10,12,14H,2-6,11H2,1H3,(H,18,19)/t12-/m0/s1. The fourth-order valence-corrected chi connectivity index (χ4v) is 3.01. The SMILES string of the molecule is C[C@@H](Cc1ccc(Br)cc1)NC(=O)C1CCCCC1. The molecule has 3 heteroatoms. The van der Waals surface area contributed by atoms with E-state index < -0.39 is 0 Å². The Bertz CT molecular complexity index is 409. The first-order chi connectivity index (χ1) is 9.15. The van der Waals surface area contributed by atoms with Crippen molar-refractivity contribution >= 4 is 21.8 Å². The van der Waals surface area contributed by atoms with E-state index in [1.165, 1.54) is 24.8 Å². The maximum absolute atomic E-state index is 12.1. The summed E-state index contributed by atoms with van der Waals surface area (Å²) in [6.07, 6.45) is 6.73. The number of hydrogen-bond acceptors (Lipinski definition) is 1. The molecule has 0 saturated heterocycles. The molecule has 104 valence electrons. The number of halogens is 1. The zero-order chi connectivity index (χ0) is 13.7. The highest BCUT2D eigenvalue weighted by atomic mass is 79.9. The van der Waals surface area contributed by atoms with E-state index in [2.05, 4.69) is 40.3 Å². The van der Waals surface area contributed by atoms with Crippen LogP contribution in [-0.4, -0.2) is 11.9 Å². The molecule has 0 aromatic heterocycles. The lowest BCUT2D eigenvalue weighted by atomic mass is 9.88. The molecule has 0 spiro atoms. The van der Waals surface area contributed by atoms with E-state index in [0.717, 1.165) is 23.7 Å². The topological polar surface area (TPSA) is 29.1 Å². The van der Waals surface area contributed by atoms with Crippen molar-refractivity contribution < 1.29 is 4.79 Å². The molecule has 2 nitrogen and oxygen atoms in total. The second-order valence-corrected chi connectivity index (χ2v) is 6.49. The Balaban J connectivity index is 1.81. The van der Waals surface area contributed by atoms with Gasteiger partial charge in [-0.05, 0) is 43.9 Å². The lowest BCUT2D eigenvalue weighted by Crippen LogP contribution is -2.39. The molecule has 0 aliphatic heterocycles. The van der Waals surface area contributed by atoms with Crippen LogP contribution < -0.4 is 5.32 Å². The minimum absolute atomic E-state index is 0.204. The quantitative estimate of drug-likeness (QED) is 0.888. The van der Waals surface area contributed by atoms with Gasteiger partial charge in [-0.25, -0.2) is 0 Å². The van der Waals surface area contributed by atoms with Gasteiger partial charge in [-0.2, -0.15) is 0 Å². The van der Waals surface area contributed by atoms with Gasteiger partial charge in [0.2, 0.25) is 5.91 Å². The summed E-state index contributed by atoms with van der Waals surface area (Å²) in [6, 6.07) is 8.51. The van der Waals surface area contributed by atoms with Crippen molar-refractivity contribution in [3.05, 3.63) is 34.3 Å². The number of carbonyl (C=O) groups excluding carboxylic acids is 1. The Morgan fingerprint density at radius 3 is 2.53 bits per heavy atom. The summed E-state index contributed by atoms with van der Waals surface area (Å²) < 4.78 is 1.09. The summed E-state index contributed by atoms with van der Waals surface area (Å²) in [6.45, 7) is 2.09. The van der Waals surface area contributed by atoms with E-state index in [0.29, 0.717) is 0 Å². The molecule has 1 aromatic carbocycles. The van der Waals surface area contributed by atoms with Crippen molar-refractivity contribution in [2.75, 3.05) is 0 Å². The minimum Gasteiger partial charge on any atom is -0.353 e. The Hall–Kier alpha value is -0.830. The second-order valence-electron chi connectivity index (χ2n) is 5.58. The highest BCUT2D eigenvalue weighted by Crippen LogP contribution is 2.23. The van der Waals surface area contributed by atoms with Gasteiger partial charge in [0.1, 0.15) is 0 Å². The molecule has 0 unspecified atom stereocenters. The van der Waals surface area contributed by atoms with Crippen LogP contribution in [0.4, 0.5) is 0 Å². The monoisotopic (exact) mass is 323 g/mol. The molecule has 1 aliphatic rings. The van der Waals surface area contributed by atoms with Crippen LogP contribution in [0.2, 0.25) is 0 Å². The molecule has 19 heavy (non-hydrogen) atoms. The molecule has 1 atom stereocenters. The molecule has 0 heterocycles. The largest absolute Gasteiger partial charge is 0.353 e. The summed E-state index contributed by atoms with van der Waals surface area (Å²) in [5.74, 6) is 0.505. The molecular weight excluding hydrogens is 302 g/mol. The van der Waals surface area contributed by atoms with E-state index in [1.54, 1.807) is 0 Å². The van der Waals surface area contributed by atoms with Crippen LogP contribution in [0, 0.1) is 5.92 Å². The third kappa shape index (κ3) is 4.64. The summed E-state index contributed by atoms with van der Waals surface area (Å²) in [4.78, 5) is 12.1. The van der Waals surface area contributed by atoms with E-state index in [1.807, 2.05) is 12.1 Å². The van der Waals surface area contributed by atoms with Crippen molar-refractivity contribution in [3.8, 4) is 0 Å². The van der Waals surface area contributed by atoms with Crippen LogP contribution >= 0.6 is 15.9 Å². The van der Waals surface area contributed by atoms with E-state index in [-0.39, 0.29) is 17.9 Å². The molecule has 1 aromatic rings. The molecule has 1 amide bonds. The molecule has 1 aliphatic carbocycles. The van der Waals surface area contributed by atoms with E-state index in [9.17, 15) is 4.79 Å². The van der Waals surface area contributed by atoms with Gasteiger partial charge >= 0.3 is 0 Å². The first-order valence-electron chi connectivity index (χ1n) is 7.20. The van der Waals surface area contributed by atoms with Crippen LogP contribution in [-0.2, 0) is 11.2 Å². The molecule has 1 fully saturated rings. The Labute approximate surface area is 124 Å². The third-order valence-corrected chi connectivity index (χ3v) is 4.35. The second kappa shape index (κ2) is 7.09.